The summed E-state index contributed by atoms with van der Waals surface area (Å²) in [7, 11) is 0. The standard InChI is InChI=1S/C15H11NO2S/c1-9(17)10-6-7-14-12(8-10)16-15(18)11-4-2-3-5-13(11)19-14/h2-8H,1H3,(H,16,18). The lowest BCUT2D eigenvalue weighted by Crippen LogP contribution is -2.11. The van der Waals surface area contributed by atoms with E-state index in [-0.39, 0.29) is 11.7 Å². The van der Waals surface area contributed by atoms with Crippen molar-refractivity contribution in [2.45, 2.75) is 16.7 Å². The highest BCUT2D eigenvalue weighted by Crippen LogP contribution is 2.38. The number of anilines is 1. The van der Waals surface area contributed by atoms with E-state index in [1.54, 1.807) is 18.2 Å². The van der Waals surface area contributed by atoms with Gasteiger partial charge in [0.15, 0.2) is 5.78 Å². The summed E-state index contributed by atoms with van der Waals surface area (Å²) in [6.07, 6.45) is 0. The molecular weight excluding hydrogens is 258 g/mol. The minimum absolute atomic E-state index is 0.0104. The Hall–Kier alpha value is -2.07. The Morgan fingerprint density at radius 3 is 2.68 bits per heavy atom. The van der Waals surface area contributed by atoms with Crippen LogP contribution in [0.5, 0.6) is 0 Å². The Morgan fingerprint density at radius 1 is 1.11 bits per heavy atom. The molecule has 1 aliphatic heterocycles. The van der Waals surface area contributed by atoms with Crippen LogP contribution in [0.3, 0.4) is 0 Å². The predicted molar refractivity (Wildman–Crippen MR) is 75.0 cm³/mol. The largest absolute Gasteiger partial charge is 0.321 e. The minimum atomic E-state index is -0.137. The molecule has 3 rings (SSSR count). The monoisotopic (exact) mass is 269 g/mol. The van der Waals surface area contributed by atoms with Crippen LogP contribution in [-0.2, 0) is 0 Å². The summed E-state index contributed by atoms with van der Waals surface area (Å²) in [5.41, 5.74) is 1.96. The van der Waals surface area contributed by atoms with Gasteiger partial charge in [0, 0.05) is 15.4 Å². The second kappa shape index (κ2) is 4.55. The first-order valence-electron chi connectivity index (χ1n) is 5.88. The average Bonchev–Trinajstić information content (AvgIpc) is 2.54. The average molecular weight is 269 g/mol. The van der Waals surface area contributed by atoms with Gasteiger partial charge < -0.3 is 5.32 Å². The van der Waals surface area contributed by atoms with Gasteiger partial charge in [-0.1, -0.05) is 30.0 Å². The summed E-state index contributed by atoms with van der Waals surface area (Å²) in [5.74, 6) is -0.147. The summed E-state index contributed by atoms with van der Waals surface area (Å²) in [6, 6.07) is 12.9. The molecule has 0 unspecified atom stereocenters. The normalized spacial score (nSPS) is 13.0. The highest BCUT2D eigenvalue weighted by atomic mass is 32.2. The molecule has 2 aromatic carbocycles. The molecule has 0 aromatic heterocycles. The van der Waals surface area contributed by atoms with Gasteiger partial charge in [-0.2, -0.15) is 0 Å². The molecule has 3 nitrogen and oxygen atoms in total. The maximum absolute atomic E-state index is 12.1. The van der Waals surface area contributed by atoms with Gasteiger partial charge in [-0.05, 0) is 31.2 Å². The number of amides is 1. The van der Waals surface area contributed by atoms with Crippen molar-refractivity contribution >= 4 is 29.1 Å². The first-order chi connectivity index (χ1) is 9.15. The molecular formula is C15H11NO2S. The lowest BCUT2D eigenvalue weighted by atomic mass is 10.1. The second-order valence-electron chi connectivity index (χ2n) is 4.32. The summed E-state index contributed by atoms with van der Waals surface area (Å²) in [5, 5.41) is 2.86. The van der Waals surface area contributed by atoms with Crippen molar-refractivity contribution in [2.75, 3.05) is 5.32 Å². The first-order valence-corrected chi connectivity index (χ1v) is 6.70. The van der Waals surface area contributed by atoms with E-state index in [4.69, 9.17) is 0 Å². The van der Waals surface area contributed by atoms with Gasteiger partial charge in [-0.15, -0.1) is 0 Å². The van der Waals surface area contributed by atoms with Crippen LogP contribution in [0.25, 0.3) is 0 Å². The van der Waals surface area contributed by atoms with E-state index < -0.39 is 0 Å². The molecule has 0 aliphatic carbocycles. The fraction of sp³-hybridized carbons (Fsp3) is 0.0667. The van der Waals surface area contributed by atoms with Crippen molar-refractivity contribution in [3.05, 3.63) is 53.6 Å². The van der Waals surface area contributed by atoms with E-state index in [0.717, 1.165) is 9.79 Å². The van der Waals surface area contributed by atoms with Gasteiger partial charge in [0.05, 0.1) is 11.3 Å². The van der Waals surface area contributed by atoms with Crippen LogP contribution in [0, 0.1) is 0 Å². The highest BCUT2D eigenvalue weighted by Gasteiger charge is 2.19. The van der Waals surface area contributed by atoms with Crippen LogP contribution < -0.4 is 5.32 Å². The van der Waals surface area contributed by atoms with Crippen LogP contribution in [0.4, 0.5) is 5.69 Å². The second-order valence-corrected chi connectivity index (χ2v) is 5.40. The molecule has 0 bridgehead atoms. The van der Waals surface area contributed by atoms with Gasteiger partial charge in [-0.3, -0.25) is 9.59 Å². The van der Waals surface area contributed by atoms with E-state index in [9.17, 15) is 9.59 Å². The number of Topliss-reactive ketones (excluding diaryl/α,β-unsaturated/α-hetero) is 1. The zero-order valence-corrected chi connectivity index (χ0v) is 11.1. The molecule has 1 amide bonds. The van der Waals surface area contributed by atoms with Gasteiger partial charge >= 0.3 is 0 Å². The molecule has 4 heteroatoms. The van der Waals surface area contributed by atoms with Gasteiger partial charge in [-0.25, -0.2) is 0 Å². The zero-order valence-electron chi connectivity index (χ0n) is 10.3. The van der Waals surface area contributed by atoms with Gasteiger partial charge in [0.2, 0.25) is 0 Å². The molecule has 19 heavy (non-hydrogen) atoms. The number of rotatable bonds is 1. The molecule has 0 spiro atoms. The van der Waals surface area contributed by atoms with Gasteiger partial charge in [0.25, 0.3) is 5.91 Å². The predicted octanol–water partition coefficient (Wildman–Crippen LogP) is 3.61. The number of carbonyl (C=O) groups excluding carboxylic acids is 2. The van der Waals surface area contributed by atoms with Crippen molar-refractivity contribution in [1.29, 1.82) is 0 Å². The van der Waals surface area contributed by atoms with Crippen LogP contribution >= 0.6 is 11.8 Å². The first kappa shape index (κ1) is 12.0. The molecule has 0 radical (unpaired) electrons. The summed E-state index contributed by atoms with van der Waals surface area (Å²) in [6.45, 7) is 1.52. The minimum Gasteiger partial charge on any atom is -0.321 e. The number of carbonyl (C=O) groups is 2. The number of ketones is 1. The summed E-state index contributed by atoms with van der Waals surface area (Å²) < 4.78 is 0. The highest BCUT2D eigenvalue weighted by molar-refractivity contribution is 7.99. The molecule has 0 saturated heterocycles. The quantitative estimate of drug-likeness (QED) is 0.804. The maximum atomic E-state index is 12.1. The van der Waals surface area contributed by atoms with Crippen LogP contribution in [0.2, 0.25) is 0 Å². The van der Waals surface area contributed by atoms with Crippen molar-refractivity contribution in [1.82, 2.24) is 0 Å². The van der Waals surface area contributed by atoms with Crippen molar-refractivity contribution < 1.29 is 9.59 Å². The van der Waals surface area contributed by atoms with Crippen LogP contribution in [0.1, 0.15) is 27.6 Å². The van der Waals surface area contributed by atoms with Crippen molar-refractivity contribution in [2.24, 2.45) is 0 Å². The topological polar surface area (TPSA) is 46.2 Å². The Kier molecular flexibility index (Phi) is 2.87. The molecule has 1 aliphatic rings. The molecule has 0 atom stereocenters. The van der Waals surface area contributed by atoms with Crippen LogP contribution in [0.15, 0.2) is 52.3 Å². The smallest absolute Gasteiger partial charge is 0.256 e. The van der Waals surface area contributed by atoms with Crippen LogP contribution in [-0.4, -0.2) is 11.7 Å². The molecule has 94 valence electrons. The number of nitrogens with one attached hydrogen (secondary N) is 1. The third-order valence-electron chi connectivity index (χ3n) is 2.99. The third-order valence-corrected chi connectivity index (χ3v) is 4.14. The van der Waals surface area contributed by atoms with E-state index >= 15 is 0 Å². The Labute approximate surface area is 115 Å². The number of fused-ring (bicyclic) bond motifs is 2. The van der Waals surface area contributed by atoms with Crippen molar-refractivity contribution in [3.63, 3.8) is 0 Å². The Balaban J connectivity index is 2.12. The van der Waals surface area contributed by atoms with E-state index in [1.165, 1.54) is 18.7 Å². The number of hydrogen-bond acceptors (Lipinski definition) is 3. The maximum Gasteiger partial charge on any atom is 0.256 e. The molecule has 2 aromatic rings. The lowest BCUT2D eigenvalue weighted by Gasteiger charge is -2.07. The number of hydrogen-bond donors (Lipinski definition) is 1. The SMILES string of the molecule is CC(=O)c1ccc2c(c1)NC(=O)c1ccccc1S2. The Bertz CT molecular complexity index is 694. The summed E-state index contributed by atoms with van der Waals surface area (Å²) >= 11 is 1.53. The molecule has 0 saturated carbocycles. The van der Waals surface area contributed by atoms with Crippen molar-refractivity contribution in [3.8, 4) is 0 Å². The third kappa shape index (κ3) is 2.15. The number of benzene rings is 2. The van der Waals surface area contributed by atoms with E-state index in [0.29, 0.717) is 16.8 Å². The lowest BCUT2D eigenvalue weighted by molar-refractivity contribution is 0.101. The zero-order chi connectivity index (χ0) is 13.4. The van der Waals surface area contributed by atoms with E-state index in [2.05, 4.69) is 5.32 Å². The summed E-state index contributed by atoms with van der Waals surface area (Å²) in [4.78, 5) is 25.4. The molecule has 1 heterocycles. The fourth-order valence-corrected chi connectivity index (χ4v) is 3.00. The molecule has 1 N–H and O–H groups in total. The fourth-order valence-electron chi connectivity index (χ4n) is 1.99. The Morgan fingerprint density at radius 2 is 1.89 bits per heavy atom. The van der Waals surface area contributed by atoms with E-state index in [1.807, 2.05) is 24.3 Å². The van der Waals surface area contributed by atoms with Gasteiger partial charge in [0.1, 0.15) is 0 Å². The molecule has 0 fully saturated rings.